The molecule has 2 N–H and O–H groups in total. The Hall–Kier alpha value is -1.02. The lowest BCUT2D eigenvalue weighted by atomic mass is 9.93. The van der Waals surface area contributed by atoms with E-state index in [1.807, 2.05) is 36.4 Å². The average molecular weight is 375 g/mol. The molecular formula is C13H15FIN3O. The number of halogens is 2. The van der Waals surface area contributed by atoms with Crippen LogP contribution in [0.15, 0.2) is 22.7 Å². The lowest BCUT2D eigenvalue weighted by Crippen LogP contribution is -2.36. The minimum atomic E-state index is -0.576. The first-order valence-electron chi connectivity index (χ1n) is 6.08. The molecule has 1 aromatic carbocycles. The normalized spacial score (nSPS) is 11.8. The zero-order valence-corrected chi connectivity index (χ0v) is 12.9. The predicted molar refractivity (Wildman–Crippen MR) is 78.9 cm³/mol. The third-order valence-electron chi connectivity index (χ3n) is 3.29. The monoisotopic (exact) mass is 375 g/mol. The van der Waals surface area contributed by atoms with Gasteiger partial charge in [0, 0.05) is 3.57 Å². The van der Waals surface area contributed by atoms with Crippen molar-refractivity contribution in [2.45, 2.75) is 32.2 Å². The third-order valence-corrected chi connectivity index (χ3v) is 4.19. The number of nitrogens with zero attached hydrogens (tertiary/aromatic N) is 2. The van der Waals surface area contributed by atoms with Crippen molar-refractivity contribution >= 4 is 22.6 Å². The van der Waals surface area contributed by atoms with E-state index in [2.05, 4.69) is 10.1 Å². The minimum Gasteiger partial charge on any atom is -0.334 e. The van der Waals surface area contributed by atoms with E-state index >= 15 is 0 Å². The van der Waals surface area contributed by atoms with Crippen molar-refractivity contribution in [2.24, 2.45) is 5.73 Å². The minimum absolute atomic E-state index is 0.289. The van der Waals surface area contributed by atoms with Gasteiger partial charge in [0.15, 0.2) is 5.82 Å². The van der Waals surface area contributed by atoms with Crippen molar-refractivity contribution < 1.29 is 8.91 Å². The van der Waals surface area contributed by atoms with Gasteiger partial charge in [-0.05, 0) is 53.6 Å². The van der Waals surface area contributed by atoms with E-state index in [4.69, 9.17) is 10.3 Å². The second-order valence-corrected chi connectivity index (χ2v) is 5.57. The molecule has 0 radical (unpaired) electrons. The zero-order chi connectivity index (χ0) is 14.0. The number of aromatic nitrogens is 2. The molecule has 0 aliphatic heterocycles. The van der Waals surface area contributed by atoms with Gasteiger partial charge in [0.05, 0.1) is 11.1 Å². The highest BCUT2D eigenvalue weighted by Gasteiger charge is 2.29. The standard InChI is InChI=1S/C13H15FIN3O/c1-3-13(16,4-2)12-17-11(19-18-12)9-6-5-8(14)7-10(9)15/h5-7H,3-4,16H2,1-2H3. The fourth-order valence-electron chi connectivity index (χ4n) is 1.76. The van der Waals surface area contributed by atoms with Gasteiger partial charge in [-0.1, -0.05) is 19.0 Å². The molecule has 0 spiro atoms. The molecular weight excluding hydrogens is 360 g/mol. The van der Waals surface area contributed by atoms with Gasteiger partial charge in [-0.25, -0.2) is 4.39 Å². The van der Waals surface area contributed by atoms with E-state index in [1.165, 1.54) is 12.1 Å². The SMILES string of the molecule is CCC(N)(CC)c1noc(-c2ccc(F)cc2I)n1. The first kappa shape index (κ1) is 14.4. The van der Waals surface area contributed by atoms with Crippen LogP contribution in [0.25, 0.3) is 11.5 Å². The van der Waals surface area contributed by atoms with E-state index in [9.17, 15) is 4.39 Å². The van der Waals surface area contributed by atoms with E-state index < -0.39 is 5.54 Å². The molecule has 0 saturated carbocycles. The quantitative estimate of drug-likeness (QED) is 0.832. The fourth-order valence-corrected chi connectivity index (χ4v) is 2.47. The Morgan fingerprint density at radius 1 is 1.37 bits per heavy atom. The van der Waals surface area contributed by atoms with E-state index in [-0.39, 0.29) is 5.82 Å². The Balaban J connectivity index is 2.41. The fraction of sp³-hybridized carbons (Fsp3) is 0.385. The molecule has 0 amide bonds. The first-order valence-corrected chi connectivity index (χ1v) is 7.16. The molecule has 6 heteroatoms. The molecule has 0 atom stereocenters. The summed E-state index contributed by atoms with van der Waals surface area (Å²) in [4.78, 5) is 4.35. The largest absolute Gasteiger partial charge is 0.334 e. The van der Waals surface area contributed by atoms with Crippen LogP contribution in [0.4, 0.5) is 4.39 Å². The van der Waals surface area contributed by atoms with Gasteiger partial charge in [-0.15, -0.1) is 0 Å². The van der Waals surface area contributed by atoms with Crippen LogP contribution in [0.2, 0.25) is 0 Å². The van der Waals surface area contributed by atoms with Crippen LogP contribution >= 0.6 is 22.6 Å². The number of benzene rings is 1. The number of hydrogen-bond acceptors (Lipinski definition) is 4. The summed E-state index contributed by atoms with van der Waals surface area (Å²) >= 11 is 2.04. The highest BCUT2D eigenvalue weighted by atomic mass is 127. The van der Waals surface area contributed by atoms with Crippen LogP contribution in [0.1, 0.15) is 32.5 Å². The molecule has 0 bridgehead atoms. The van der Waals surface area contributed by atoms with E-state index in [0.29, 0.717) is 11.7 Å². The average Bonchev–Trinajstić information content (AvgIpc) is 2.88. The lowest BCUT2D eigenvalue weighted by Gasteiger charge is -2.21. The molecule has 0 aliphatic carbocycles. The van der Waals surface area contributed by atoms with Gasteiger partial charge >= 0.3 is 0 Å². The Kier molecular flexibility index (Phi) is 4.19. The Labute approximate surface area is 124 Å². The summed E-state index contributed by atoms with van der Waals surface area (Å²) < 4.78 is 19.1. The lowest BCUT2D eigenvalue weighted by molar-refractivity contribution is 0.350. The molecule has 0 unspecified atom stereocenters. The van der Waals surface area contributed by atoms with E-state index in [1.54, 1.807) is 6.07 Å². The summed E-state index contributed by atoms with van der Waals surface area (Å²) in [5.74, 6) is 0.576. The second kappa shape index (κ2) is 5.54. The highest BCUT2D eigenvalue weighted by Crippen LogP contribution is 2.28. The van der Waals surface area contributed by atoms with Crippen molar-refractivity contribution in [1.29, 1.82) is 0 Å². The van der Waals surface area contributed by atoms with Crippen molar-refractivity contribution in [3.63, 3.8) is 0 Å². The molecule has 0 aliphatic rings. The summed E-state index contributed by atoms with van der Waals surface area (Å²) in [6.07, 6.45) is 1.45. The second-order valence-electron chi connectivity index (χ2n) is 4.41. The summed E-state index contributed by atoms with van der Waals surface area (Å²) in [5.41, 5.74) is 6.37. The molecule has 0 saturated heterocycles. The van der Waals surface area contributed by atoms with Crippen molar-refractivity contribution in [2.75, 3.05) is 0 Å². The molecule has 19 heavy (non-hydrogen) atoms. The molecule has 2 aromatic rings. The van der Waals surface area contributed by atoms with Gasteiger partial charge in [0.25, 0.3) is 5.89 Å². The summed E-state index contributed by atoms with van der Waals surface area (Å²) in [5, 5.41) is 3.96. The molecule has 2 rings (SSSR count). The zero-order valence-electron chi connectivity index (χ0n) is 10.8. The van der Waals surface area contributed by atoms with Crippen LogP contribution in [0.3, 0.4) is 0 Å². The Morgan fingerprint density at radius 2 is 2.05 bits per heavy atom. The first-order chi connectivity index (χ1) is 9.00. The summed E-state index contributed by atoms with van der Waals surface area (Å²) in [7, 11) is 0. The summed E-state index contributed by atoms with van der Waals surface area (Å²) in [6.45, 7) is 3.97. The maximum absolute atomic E-state index is 13.1. The van der Waals surface area contributed by atoms with Gasteiger partial charge < -0.3 is 10.3 Å². The molecule has 102 valence electrons. The van der Waals surface area contributed by atoms with Crippen molar-refractivity contribution in [3.8, 4) is 11.5 Å². The van der Waals surface area contributed by atoms with Gasteiger partial charge in [-0.2, -0.15) is 4.98 Å². The number of rotatable bonds is 4. The molecule has 4 nitrogen and oxygen atoms in total. The van der Waals surface area contributed by atoms with Crippen LogP contribution in [0, 0.1) is 9.39 Å². The predicted octanol–water partition coefficient (Wildman–Crippen LogP) is 3.45. The van der Waals surface area contributed by atoms with Crippen LogP contribution in [0.5, 0.6) is 0 Å². The number of nitrogens with two attached hydrogens (primary N) is 1. The highest BCUT2D eigenvalue weighted by molar-refractivity contribution is 14.1. The van der Waals surface area contributed by atoms with Crippen LogP contribution in [-0.4, -0.2) is 10.1 Å². The van der Waals surface area contributed by atoms with E-state index in [0.717, 1.165) is 22.0 Å². The van der Waals surface area contributed by atoms with Gasteiger partial charge in [-0.3, -0.25) is 0 Å². The Bertz CT molecular complexity index is 581. The molecule has 1 aromatic heterocycles. The van der Waals surface area contributed by atoms with Crippen molar-refractivity contribution in [3.05, 3.63) is 33.4 Å². The topological polar surface area (TPSA) is 64.9 Å². The van der Waals surface area contributed by atoms with Crippen LogP contribution < -0.4 is 5.73 Å². The number of hydrogen-bond donors (Lipinski definition) is 1. The van der Waals surface area contributed by atoms with Crippen LogP contribution in [-0.2, 0) is 5.54 Å². The van der Waals surface area contributed by atoms with Crippen molar-refractivity contribution in [1.82, 2.24) is 10.1 Å². The maximum Gasteiger partial charge on any atom is 0.259 e. The van der Waals surface area contributed by atoms with Gasteiger partial charge in [0.1, 0.15) is 5.82 Å². The maximum atomic E-state index is 13.1. The molecule has 0 fully saturated rings. The van der Waals surface area contributed by atoms with Gasteiger partial charge in [0.2, 0.25) is 0 Å². The molecule has 1 heterocycles. The summed E-state index contributed by atoms with van der Waals surface area (Å²) in [6, 6.07) is 4.43. The smallest absolute Gasteiger partial charge is 0.259 e. The Morgan fingerprint density at radius 3 is 2.63 bits per heavy atom. The third kappa shape index (κ3) is 2.79.